The molecule has 0 unspecified atom stereocenters. The number of halogens is 2. The van der Waals surface area contributed by atoms with Gasteiger partial charge in [-0.2, -0.15) is 0 Å². The number of nitro benzene ring substituents is 1. The molecule has 0 saturated carbocycles. The van der Waals surface area contributed by atoms with Crippen LogP contribution in [0.25, 0.3) is 0 Å². The van der Waals surface area contributed by atoms with Crippen molar-refractivity contribution in [2.45, 2.75) is 0 Å². The molecule has 2 aromatic rings. The second kappa shape index (κ2) is 6.19. The van der Waals surface area contributed by atoms with Gasteiger partial charge in [0.2, 0.25) is 5.88 Å². The zero-order valence-electron chi connectivity index (χ0n) is 10.2. The van der Waals surface area contributed by atoms with Crippen LogP contribution < -0.4 is 9.47 Å². The number of benzene rings is 1. The molecule has 0 aliphatic carbocycles. The van der Waals surface area contributed by atoms with Gasteiger partial charge in [-0.1, -0.05) is 0 Å². The van der Waals surface area contributed by atoms with Crippen molar-refractivity contribution in [3.8, 4) is 17.4 Å². The number of pyridine rings is 1. The van der Waals surface area contributed by atoms with Crippen LogP contribution in [0.15, 0.2) is 39.4 Å². The SMILES string of the molecule is COc1cc([N+](=O)[O-])ccc1Oc1ncc(Br)cc1Br. The summed E-state index contributed by atoms with van der Waals surface area (Å²) in [4.78, 5) is 14.3. The van der Waals surface area contributed by atoms with Crippen LogP contribution in [0.4, 0.5) is 5.69 Å². The Labute approximate surface area is 131 Å². The van der Waals surface area contributed by atoms with Gasteiger partial charge in [-0.3, -0.25) is 10.1 Å². The lowest BCUT2D eigenvalue weighted by Crippen LogP contribution is -1.95. The molecule has 0 atom stereocenters. The standard InChI is InChI=1S/C12H8Br2N2O4/c1-19-11-5-8(16(17)18)2-3-10(11)20-12-9(14)4-7(13)6-15-12/h2-6H,1H3. The number of rotatable bonds is 4. The number of hydrogen-bond acceptors (Lipinski definition) is 5. The third-order valence-electron chi connectivity index (χ3n) is 2.34. The summed E-state index contributed by atoms with van der Waals surface area (Å²) in [6, 6.07) is 5.88. The number of nitro groups is 1. The summed E-state index contributed by atoms with van der Waals surface area (Å²) in [7, 11) is 1.41. The summed E-state index contributed by atoms with van der Waals surface area (Å²) in [6.45, 7) is 0. The van der Waals surface area contributed by atoms with Gasteiger partial charge in [0.1, 0.15) is 0 Å². The van der Waals surface area contributed by atoms with E-state index in [1.807, 2.05) is 0 Å². The highest BCUT2D eigenvalue weighted by atomic mass is 79.9. The Morgan fingerprint density at radius 1 is 1.25 bits per heavy atom. The van der Waals surface area contributed by atoms with E-state index in [0.29, 0.717) is 16.1 Å². The van der Waals surface area contributed by atoms with E-state index in [2.05, 4.69) is 36.8 Å². The highest BCUT2D eigenvalue weighted by Crippen LogP contribution is 2.36. The van der Waals surface area contributed by atoms with E-state index in [9.17, 15) is 10.1 Å². The van der Waals surface area contributed by atoms with Crippen LogP contribution in [0.3, 0.4) is 0 Å². The minimum Gasteiger partial charge on any atom is -0.493 e. The first kappa shape index (κ1) is 14.7. The number of ether oxygens (including phenoxy) is 2. The molecule has 0 aliphatic rings. The van der Waals surface area contributed by atoms with E-state index in [1.54, 1.807) is 12.3 Å². The van der Waals surface area contributed by atoms with Gasteiger partial charge in [0.25, 0.3) is 5.69 Å². The van der Waals surface area contributed by atoms with Crippen LogP contribution in [-0.4, -0.2) is 17.0 Å². The summed E-state index contributed by atoms with van der Waals surface area (Å²) in [5.74, 6) is 0.935. The minimum atomic E-state index is -0.500. The molecule has 20 heavy (non-hydrogen) atoms. The van der Waals surface area contributed by atoms with Gasteiger partial charge >= 0.3 is 0 Å². The third-order valence-corrected chi connectivity index (χ3v) is 3.34. The molecule has 0 radical (unpaired) electrons. The molecule has 2 rings (SSSR count). The number of non-ortho nitro benzene ring substituents is 1. The Kier molecular flexibility index (Phi) is 4.56. The molecule has 0 bridgehead atoms. The maximum absolute atomic E-state index is 10.7. The quantitative estimate of drug-likeness (QED) is 0.561. The van der Waals surface area contributed by atoms with E-state index in [1.165, 1.54) is 25.3 Å². The molecule has 0 N–H and O–H groups in total. The van der Waals surface area contributed by atoms with Gasteiger partial charge in [0, 0.05) is 16.7 Å². The highest BCUT2D eigenvalue weighted by Gasteiger charge is 2.14. The third kappa shape index (κ3) is 3.26. The van der Waals surface area contributed by atoms with E-state index < -0.39 is 4.92 Å². The van der Waals surface area contributed by atoms with Crippen molar-refractivity contribution in [1.82, 2.24) is 4.98 Å². The Hall–Kier alpha value is -1.67. The predicted molar refractivity (Wildman–Crippen MR) is 79.4 cm³/mol. The van der Waals surface area contributed by atoms with Crippen molar-refractivity contribution in [3.63, 3.8) is 0 Å². The first-order valence-corrected chi connectivity index (χ1v) is 6.91. The monoisotopic (exact) mass is 402 g/mol. The molecule has 104 valence electrons. The highest BCUT2D eigenvalue weighted by molar-refractivity contribution is 9.11. The molecular weight excluding hydrogens is 396 g/mol. The van der Waals surface area contributed by atoms with E-state index >= 15 is 0 Å². The topological polar surface area (TPSA) is 74.5 Å². The normalized spacial score (nSPS) is 10.2. The zero-order valence-corrected chi connectivity index (χ0v) is 13.3. The second-order valence-electron chi connectivity index (χ2n) is 3.63. The molecule has 0 fully saturated rings. The van der Waals surface area contributed by atoms with Gasteiger partial charge in [-0.15, -0.1) is 0 Å². The van der Waals surface area contributed by atoms with Crippen LogP contribution in [-0.2, 0) is 0 Å². The van der Waals surface area contributed by atoms with Gasteiger partial charge < -0.3 is 9.47 Å². The molecule has 0 saturated heterocycles. The molecule has 6 nitrogen and oxygen atoms in total. The van der Waals surface area contributed by atoms with Gasteiger partial charge in [-0.25, -0.2) is 4.98 Å². The van der Waals surface area contributed by atoms with Gasteiger partial charge in [0.05, 0.1) is 22.6 Å². The van der Waals surface area contributed by atoms with E-state index in [-0.39, 0.29) is 11.4 Å². The fourth-order valence-corrected chi connectivity index (χ4v) is 2.50. The molecule has 1 aromatic heterocycles. The van der Waals surface area contributed by atoms with Crippen molar-refractivity contribution in [2.24, 2.45) is 0 Å². The lowest BCUT2D eigenvalue weighted by Gasteiger charge is -2.10. The van der Waals surface area contributed by atoms with Crippen LogP contribution in [0.1, 0.15) is 0 Å². The first-order chi connectivity index (χ1) is 9.51. The predicted octanol–water partition coefficient (Wildman–Crippen LogP) is 4.32. The maximum Gasteiger partial charge on any atom is 0.273 e. The number of hydrogen-bond donors (Lipinski definition) is 0. The van der Waals surface area contributed by atoms with Crippen LogP contribution in [0, 0.1) is 10.1 Å². The lowest BCUT2D eigenvalue weighted by atomic mass is 10.3. The Morgan fingerprint density at radius 2 is 2.00 bits per heavy atom. The lowest BCUT2D eigenvalue weighted by molar-refractivity contribution is -0.384. The fourth-order valence-electron chi connectivity index (χ4n) is 1.44. The molecule has 8 heteroatoms. The van der Waals surface area contributed by atoms with Crippen molar-refractivity contribution in [2.75, 3.05) is 7.11 Å². The van der Waals surface area contributed by atoms with Crippen molar-refractivity contribution in [1.29, 1.82) is 0 Å². The largest absolute Gasteiger partial charge is 0.493 e. The average molecular weight is 404 g/mol. The van der Waals surface area contributed by atoms with Crippen LogP contribution in [0.5, 0.6) is 17.4 Å². The Morgan fingerprint density at radius 3 is 2.60 bits per heavy atom. The minimum absolute atomic E-state index is 0.0722. The van der Waals surface area contributed by atoms with Gasteiger partial charge in [-0.05, 0) is 44.0 Å². The zero-order chi connectivity index (χ0) is 14.7. The van der Waals surface area contributed by atoms with Crippen LogP contribution >= 0.6 is 31.9 Å². The molecule has 0 aliphatic heterocycles. The number of nitrogens with zero attached hydrogens (tertiary/aromatic N) is 2. The molecule has 1 aromatic carbocycles. The average Bonchev–Trinajstić information content (AvgIpc) is 2.42. The maximum atomic E-state index is 10.7. The van der Waals surface area contributed by atoms with Crippen molar-refractivity contribution < 1.29 is 14.4 Å². The summed E-state index contributed by atoms with van der Waals surface area (Å²) in [5, 5.41) is 10.7. The first-order valence-electron chi connectivity index (χ1n) is 5.32. The smallest absolute Gasteiger partial charge is 0.273 e. The van der Waals surface area contributed by atoms with Crippen molar-refractivity contribution >= 4 is 37.5 Å². The van der Waals surface area contributed by atoms with Crippen LogP contribution in [0.2, 0.25) is 0 Å². The summed E-state index contributed by atoms with van der Waals surface area (Å²) < 4.78 is 12.1. The van der Waals surface area contributed by atoms with Crippen molar-refractivity contribution in [3.05, 3.63) is 49.5 Å². The van der Waals surface area contributed by atoms with E-state index in [0.717, 1.165) is 4.47 Å². The second-order valence-corrected chi connectivity index (χ2v) is 5.40. The number of aromatic nitrogens is 1. The Bertz CT molecular complexity index is 664. The fraction of sp³-hybridized carbons (Fsp3) is 0.0833. The molecular formula is C12H8Br2N2O4. The Balaban J connectivity index is 2.35. The van der Waals surface area contributed by atoms with E-state index in [4.69, 9.17) is 9.47 Å². The summed E-state index contributed by atoms with van der Waals surface area (Å²) in [6.07, 6.45) is 1.58. The summed E-state index contributed by atoms with van der Waals surface area (Å²) in [5.41, 5.74) is -0.0722. The van der Waals surface area contributed by atoms with Gasteiger partial charge in [0.15, 0.2) is 11.5 Å². The molecule has 0 amide bonds. The summed E-state index contributed by atoms with van der Waals surface area (Å²) >= 11 is 6.61. The number of methoxy groups -OCH3 is 1. The molecule has 1 heterocycles. The molecule has 0 spiro atoms.